The Morgan fingerprint density at radius 3 is 2.47 bits per heavy atom. The van der Waals surface area contributed by atoms with E-state index in [0.29, 0.717) is 19.2 Å². The summed E-state index contributed by atoms with van der Waals surface area (Å²) in [5.41, 5.74) is 0.957. The third kappa shape index (κ3) is 3.95. The number of ether oxygens (including phenoxy) is 1. The zero-order valence-electron chi connectivity index (χ0n) is 12.2. The molecule has 1 aromatic rings. The molecule has 1 saturated carbocycles. The van der Waals surface area contributed by atoms with Crippen molar-refractivity contribution in [2.24, 2.45) is 5.92 Å². The maximum absolute atomic E-state index is 10.3. The van der Waals surface area contributed by atoms with E-state index < -0.39 is 6.10 Å². The highest BCUT2D eigenvalue weighted by atomic mass is 16.5. The highest BCUT2D eigenvalue weighted by molar-refractivity contribution is 5.28. The maximum Gasteiger partial charge on any atom is 0.119 e. The van der Waals surface area contributed by atoms with E-state index in [4.69, 9.17) is 4.74 Å². The van der Waals surface area contributed by atoms with E-state index >= 15 is 0 Å². The van der Waals surface area contributed by atoms with Crippen LogP contribution in [0.5, 0.6) is 5.75 Å². The zero-order valence-corrected chi connectivity index (χ0v) is 12.2. The average molecular weight is 263 g/mol. The van der Waals surface area contributed by atoms with Crippen molar-refractivity contribution < 1.29 is 9.84 Å². The lowest BCUT2D eigenvalue weighted by molar-refractivity contribution is 0.102. The largest absolute Gasteiger partial charge is 0.494 e. The Morgan fingerprint density at radius 2 is 1.95 bits per heavy atom. The van der Waals surface area contributed by atoms with Crippen LogP contribution in [0.1, 0.15) is 38.4 Å². The van der Waals surface area contributed by atoms with Gasteiger partial charge in [-0.15, -0.1) is 0 Å². The molecule has 0 saturated heterocycles. The van der Waals surface area contributed by atoms with Crippen LogP contribution in [0.25, 0.3) is 0 Å². The van der Waals surface area contributed by atoms with Crippen LogP contribution in [-0.2, 0) is 0 Å². The molecule has 0 amide bonds. The molecule has 0 bridgehead atoms. The minimum Gasteiger partial charge on any atom is -0.494 e. The van der Waals surface area contributed by atoms with Crippen LogP contribution in [0, 0.1) is 5.92 Å². The van der Waals surface area contributed by atoms with Crippen LogP contribution in [0.2, 0.25) is 0 Å². The fraction of sp³-hybridized carbons (Fsp3) is 0.625. The number of aliphatic hydroxyl groups excluding tert-OH is 1. The summed E-state index contributed by atoms with van der Waals surface area (Å²) in [7, 11) is 2.10. The Morgan fingerprint density at radius 1 is 1.32 bits per heavy atom. The van der Waals surface area contributed by atoms with Crippen LogP contribution in [0.4, 0.5) is 0 Å². The first-order valence-electron chi connectivity index (χ1n) is 7.23. The van der Waals surface area contributed by atoms with Gasteiger partial charge in [0, 0.05) is 12.6 Å². The predicted molar refractivity (Wildman–Crippen MR) is 77.4 cm³/mol. The van der Waals surface area contributed by atoms with Gasteiger partial charge in [0.15, 0.2) is 0 Å². The second-order valence-corrected chi connectivity index (χ2v) is 5.54. The molecule has 0 aliphatic heterocycles. The van der Waals surface area contributed by atoms with Gasteiger partial charge in [-0.05, 0) is 57.4 Å². The summed E-state index contributed by atoms with van der Waals surface area (Å²) in [6.07, 6.45) is 2.25. The van der Waals surface area contributed by atoms with E-state index in [1.165, 1.54) is 12.8 Å². The number of aliphatic hydroxyl groups is 1. The maximum atomic E-state index is 10.3. The molecule has 3 nitrogen and oxygen atoms in total. The van der Waals surface area contributed by atoms with Gasteiger partial charge in [-0.1, -0.05) is 12.1 Å². The van der Waals surface area contributed by atoms with Crippen molar-refractivity contribution in [3.05, 3.63) is 29.8 Å². The summed E-state index contributed by atoms with van der Waals surface area (Å²) < 4.78 is 5.41. The summed E-state index contributed by atoms with van der Waals surface area (Å²) in [6, 6.07) is 8.31. The average Bonchev–Trinajstić information content (AvgIpc) is 3.23. The lowest BCUT2D eigenvalue weighted by Gasteiger charge is -2.27. The van der Waals surface area contributed by atoms with Crippen LogP contribution >= 0.6 is 0 Å². The van der Waals surface area contributed by atoms with Crippen LogP contribution in [0.3, 0.4) is 0 Å². The van der Waals surface area contributed by atoms with Crippen LogP contribution in [-0.4, -0.2) is 36.2 Å². The van der Waals surface area contributed by atoms with E-state index in [0.717, 1.165) is 17.2 Å². The van der Waals surface area contributed by atoms with Crippen LogP contribution in [0.15, 0.2) is 24.3 Å². The van der Waals surface area contributed by atoms with Gasteiger partial charge in [0.1, 0.15) is 5.75 Å². The summed E-state index contributed by atoms with van der Waals surface area (Å²) in [5.74, 6) is 1.69. The lowest BCUT2D eigenvalue weighted by atomic mass is 10.1. The van der Waals surface area contributed by atoms with Crippen LogP contribution < -0.4 is 4.74 Å². The Balaban J connectivity index is 1.89. The minimum absolute atomic E-state index is 0.429. The van der Waals surface area contributed by atoms with E-state index in [9.17, 15) is 5.11 Å². The molecule has 1 aliphatic rings. The van der Waals surface area contributed by atoms with Gasteiger partial charge in [-0.2, -0.15) is 0 Å². The Bertz CT molecular complexity index is 386. The monoisotopic (exact) mass is 263 g/mol. The van der Waals surface area contributed by atoms with E-state index in [1.807, 2.05) is 31.2 Å². The Kier molecular flexibility index (Phi) is 4.83. The Labute approximate surface area is 116 Å². The van der Waals surface area contributed by atoms with Gasteiger partial charge in [0.25, 0.3) is 0 Å². The van der Waals surface area contributed by atoms with Gasteiger partial charge < -0.3 is 14.7 Å². The van der Waals surface area contributed by atoms with Gasteiger partial charge >= 0.3 is 0 Å². The predicted octanol–water partition coefficient (Wildman–Crippen LogP) is 2.85. The van der Waals surface area contributed by atoms with Gasteiger partial charge in [-0.3, -0.25) is 0 Å². The fourth-order valence-electron chi connectivity index (χ4n) is 2.44. The molecular weight excluding hydrogens is 238 g/mol. The third-order valence-electron chi connectivity index (χ3n) is 4.04. The number of nitrogens with zero attached hydrogens (tertiary/aromatic N) is 1. The summed E-state index contributed by atoms with van der Waals surface area (Å²) >= 11 is 0. The number of benzene rings is 1. The molecule has 19 heavy (non-hydrogen) atoms. The second-order valence-electron chi connectivity index (χ2n) is 5.54. The van der Waals surface area contributed by atoms with Crippen molar-refractivity contribution >= 4 is 0 Å². The number of hydrogen-bond donors (Lipinski definition) is 1. The summed E-state index contributed by atoms with van der Waals surface area (Å²) in [6.45, 7) is 5.58. The molecule has 2 unspecified atom stereocenters. The van der Waals surface area contributed by atoms with E-state index in [-0.39, 0.29) is 0 Å². The zero-order chi connectivity index (χ0) is 13.8. The Hall–Kier alpha value is -1.06. The first-order valence-corrected chi connectivity index (χ1v) is 7.23. The summed E-state index contributed by atoms with van der Waals surface area (Å²) in [5, 5.41) is 10.3. The smallest absolute Gasteiger partial charge is 0.119 e. The summed E-state index contributed by atoms with van der Waals surface area (Å²) in [4.78, 5) is 2.26. The number of likely N-dealkylation sites (N-methyl/N-ethyl adjacent to an activating group) is 1. The second kappa shape index (κ2) is 6.40. The topological polar surface area (TPSA) is 32.7 Å². The van der Waals surface area contributed by atoms with Crippen molar-refractivity contribution in [3.63, 3.8) is 0 Å². The number of rotatable bonds is 7. The van der Waals surface area contributed by atoms with Crippen molar-refractivity contribution in [1.82, 2.24) is 4.90 Å². The standard InChI is InChI=1S/C16H25NO2/c1-4-19-15-9-7-14(8-10-15)16(18)11-17(3)12(2)13-5-6-13/h7-10,12-13,16,18H,4-6,11H2,1-3H3. The molecule has 0 spiro atoms. The molecule has 1 fully saturated rings. The number of hydrogen-bond acceptors (Lipinski definition) is 3. The molecule has 2 atom stereocenters. The first-order chi connectivity index (χ1) is 9.11. The lowest BCUT2D eigenvalue weighted by Crippen LogP contribution is -2.34. The van der Waals surface area contributed by atoms with Gasteiger partial charge in [-0.25, -0.2) is 0 Å². The van der Waals surface area contributed by atoms with Crippen molar-refractivity contribution in [2.75, 3.05) is 20.2 Å². The third-order valence-corrected chi connectivity index (χ3v) is 4.04. The quantitative estimate of drug-likeness (QED) is 0.821. The molecule has 0 heterocycles. The molecule has 106 valence electrons. The highest BCUT2D eigenvalue weighted by Gasteiger charge is 2.31. The molecule has 0 aromatic heterocycles. The van der Waals surface area contributed by atoms with Crippen molar-refractivity contribution in [2.45, 2.75) is 38.8 Å². The van der Waals surface area contributed by atoms with E-state index in [1.54, 1.807) is 0 Å². The molecule has 3 heteroatoms. The van der Waals surface area contributed by atoms with E-state index in [2.05, 4.69) is 18.9 Å². The fourth-order valence-corrected chi connectivity index (χ4v) is 2.44. The minimum atomic E-state index is -0.429. The molecular formula is C16H25NO2. The molecule has 1 aromatic carbocycles. The molecule has 2 rings (SSSR count). The molecule has 0 radical (unpaired) electrons. The highest BCUT2D eigenvalue weighted by Crippen LogP contribution is 2.35. The van der Waals surface area contributed by atoms with Gasteiger partial charge in [0.2, 0.25) is 0 Å². The van der Waals surface area contributed by atoms with Crippen molar-refractivity contribution in [1.29, 1.82) is 0 Å². The van der Waals surface area contributed by atoms with Gasteiger partial charge in [0.05, 0.1) is 12.7 Å². The molecule has 1 aliphatic carbocycles. The normalized spacial score (nSPS) is 18.4. The SMILES string of the molecule is CCOc1ccc(C(O)CN(C)C(C)C2CC2)cc1. The molecule has 1 N–H and O–H groups in total. The first kappa shape index (κ1) is 14.4. The van der Waals surface area contributed by atoms with Crippen molar-refractivity contribution in [3.8, 4) is 5.75 Å².